The van der Waals surface area contributed by atoms with E-state index in [0.29, 0.717) is 0 Å². The number of benzene rings is 2. The smallest absolute Gasteiger partial charge is 0.304 e. The first-order valence-electron chi connectivity index (χ1n) is 7.71. The van der Waals surface area contributed by atoms with Crippen LogP contribution in [0.1, 0.15) is 34.6 Å². The molecule has 24 heavy (non-hydrogen) atoms. The van der Waals surface area contributed by atoms with Gasteiger partial charge in [0.15, 0.2) is 0 Å². The van der Waals surface area contributed by atoms with E-state index in [4.69, 9.17) is 0 Å². The van der Waals surface area contributed by atoms with Crippen molar-refractivity contribution in [2.45, 2.75) is 25.9 Å². The van der Waals surface area contributed by atoms with Crippen molar-refractivity contribution in [3.05, 3.63) is 58.7 Å². The molecule has 1 aromatic heterocycles. The molecule has 0 spiro atoms. The van der Waals surface area contributed by atoms with E-state index in [1.54, 1.807) is 4.68 Å². The average Bonchev–Trinajstić information content (AvgIpc) is 2.94. The highest BCUT2D eigenvalue weighted by Crippen LogP contribution is 2.31. The molecule has 0 fully saturated rings. The molecule has 6 heteroatoms. The van der Waals surface area contributed by atoms with Crippen molar-refractivity contribution in [1.82, 2.24) is 15.0 Å². The lowest BCUT2D eigenvalue weighted by molar-refractivity contribution is -0.137. The Balaban J connectivity index is 2.09. The van der Waals surface area contributed by atoms with Gasteiger partial charge in [0.2, 0.25) is 0 Å². The Labute approximate surface area is 139 Å². The molecular weight excluding hydrogens is 306 g/mol. The van der Waals surface area contributed by atoms with Gasteiger partial charge in [-0.3, -0.25) is 4.79 Å². The van der Waals surface area contributed by atoms with Gasteiger partial charge in [-0.05, 0) is 41.3 Å². The Morgan fingerprint density at radius 3 is 2.62 bits per heavy atom. The number of carboxylic acid groups (broad SMARTS) is 1. The summed E-state index contributed by atoms with van der Waals surface area (Å²) in [5.74, 6) is -1.18. The monoisotopic (exact) mass is 325 g/mol. The fraction of sp³-hybridized carbons (Fsp3) is 0.278. The van der Waals surface area contributed by atoms with Crippen LogP contribution in [0.5, 0.6) is 0 Å². The van der Waals surface area contributed by atoms with Crippen LogP contribution in [0.2, 0.25) is 0 Å². The number of carbonyl (C=O) groups is 1. The fourth-order valence-electron chi connectivity index (χ4n) is 2.96. The molecule has 2 N–H and O–H groups in total. The van der Waals surface area contributed by atoms with Gasteiger partial charge in [0.05, 0.1) is 18.5 Å². The van der Waals surface area contributed by atoms with Crippen molar-refractivity contribution in [1.29, 1.82) is 0 Å². The SMILES string of the molecule is Cc1ccc(C(CC(=O)O)c2ccc3c(c2)nnn3C)cc1CO. The molecule has 0 radical (unpaired) electrons. The van der Waals surface area contributed by atoms with E-state index in [-0.39, 0.29) is 18.9 Å². The first-order valence-corrected chi connectivity index (χ1v) is 7.71. The van der Waals surface area contributed by atoms with Gasteiger partial charge in [-0.2, -0.15) is 0 Å². The van der Waals surface area contributed by atoms with E-state index in [1.807, 2.05) is 50.4 Å². The van der Waals surface area contributed by atoms with E-state index in [0.717, 1.165) is 33.3 Å². The maximum absolute atomic E-state index is 11.4. The molecule has 0 saturated carbocycles. The summed E-state index contributed by atoms with van der Waals surface area (Å²) in [6, 6.07) is 11.4. The van der Waals surface area contributed by atoms with E-state index < -0.39 is 5.97 Å². The van der Waals surface area contributed by atoms with Crippen LogP contribution in [0.25, 0.3) is 11.0 Å². The summed E-state index contributed by atoms with van der Waals surface area (Å²) in [6.45, 7) is 1.86. The fourth-order valence-corrected chi connectivity index (χ4v) is 2.96. The van der Waals surface area contributed by atoms with Crippen molar-refractivity contribution in [2.75, 3.05) is 0 Å². The Morgan fingerprint density at radius 1 is 1.21 bits per heavy atom. The standard InChI is InChI=1S/C18H19N3O3/c1-11-3-4-12(7-14(11)10-22)15(9-18(23)24)13-5-6-17-16(8-13)19-20-21(17)2/h3-8,15,22H,9-10H2,1-2H3,(H,23,24). The molecule has 124 valence electrons. The average molecular weight is 325 g/mol. The van der Waals surface area contributed by atoms with Gasteiger partial charge in [0, 0.05) is 13.0 Å². The molecule has 0 amide bonds. The number of fused-ring (bicyclic) bond motifs is 1. The predicted molar refractivity (Wildman–Crippen MR) is 89.7 cm³/mol. The highest BCUT2D eigenvalue weighted by molar-refractivity contribution is 5.76. The van der Waals surface area contributed by atoms with Crippen LogP contribution in [-0.4, -0.2) is 31.2 Å². The number of nitrogens with zero attached hydrogens (tertiary/aromatic N) is 3. The van der Waals surface area contributed by atoms with Gasteiger partial charge in [-0.25, -0.2) is 4.68 Å². The van der Waals surface area contributed by atoms with Crippen LogP contribution in [-0.2, 0) is 18.4 Å². The van der Waals surface area contributed by atoms with Crippen molar-refractivity contribution >= 4 is 17.0 Å². The molecule has 1 heterocycles. The lowest BCUT2D eigenvalue weighted by atomic mass is 9.87. The minimum Gasteiger partial charge on any atom is -0.481 e. The maximum atomic E-state index is 11.4. The minimum absolute atomic E-state index is 0.0281. The third-order valence-electron chi connectivity index (χ3n) is 4.36. The molecule has 2 aromatic carbocycles. The first-order chi connectivity index (χ1) is 11.5. The van der Waals surface area contributed by atoms with Crippen LogP contribution >= 0.6 is 0 Å². The summed E-state index contributed by atoms with van der Waals surface area (Å²) in [6.07, 6.45) is -0.0281. The van der Waals surface area contributed by atoms with Gasteiger partial charge < -0.3 is 10.2 Å². The van der Waals surface area contributed by atoms with E-state index >= 15 is 0 Å². The largest absolute Gasteiger partial charge is 0.481 e. The summed E-state index contributed by atoms with van der Waals surface area (Å²) in [4.78, 5) is 11.4. The quantitative estimate of drug-likeness (QED) is 0.752. The number of aliphatic hydroxyl groups is 1. The Bertz CT molecular complexity index is 902. The van der Waals surface area contributed by atoms with E-state index in [9.17, 15) is 15.0 Å². The number of aromatic nitrogens is 3. The third kappa shape index (κ3) is 3.00. The summed E-state index contributed by atoms with van der Waals surface area (Å²) in [5, 5.41) is 26.9. The molecule has 3 aromatic rings. The Hall–Kier alpha value is -2.73. The molecule has 3 rings (SSSR count). The topological polar surface area (TPSA) is 88.2 Å². The van der Waals surface area contributed by atoms with Crippen molar-refractivity contribution in [3.8, 4) is 0 Å². The number of aliphatic hydroxyl groups excluding tert-OH is 1. The van der Waals surface area contributed by atoms with Crippen molar-refractivity contribution < 1.29 is 15.0 Å². The third-order valence-corrected chi connectivity index (χ3v) is 4.36. The molecule has 0 aliphatic rings. The van der Waals surface area contributed by atoms with Gasteiger partial charge >= 0.3 is 5.97 Å². The second-order valence-corrected chi connectivity index (χ2v) is 5.96. The molecule has 1 unspecified atom stereocenters. The molecular formula is C18H19N3O3. The van der Waals surface area contributed by atoms with Gasteiger partial charge in [0.25, 0.3) is 0 Å². The molecule has 1 atom stereocenters. The number of hydrogen-bond donors (Lipinski definition) is 2. The lowest BCUT2D eigenvalue weighted by Gasteiger charge is -2.18. The van der Waals surface area contributed by atoms with Crippen LogP contribution < -0.4 is 0 Å². The van der Waals surface area contributed by atoms with Crippen LogP contribution in [0.15, 0.2) is 36.4 Å². The van der Waals surface area contributed by atoms with Crippen molar-refractivity contribution in [2.24, 2.45) is 7.05 Å². The number of hydrogen-bond acceptors (Lipinski definition) is 4. The van der Waals surface area contributed by atoms with Crippen LogP contribution in [0.3, 0.4) is 0 Å². The van der Waals surface area contributed by atoms with Gasteiger partial charge in [0.1, 0.15) is 5.52 Å². The summed E-state index contributed by atoms with van der Waals surface area (Å²) in [7, 11) is 1.82. The minimum atomic E-state index is -0.870. The van der Waals surface area contributed by atoms with E-state index in [1.165, 1.54) is 0 Å². The molecule has 0 bridgehead atoms. The summed E-state index contributed by atoms with van der Waals surface area (Å²) < 4.78 is 1.68. The number of rotatable bonds is 5. The summed E-state index contributed by atoms with van der Waals surface area (Å²) in [5.41, 5.74) is 5.17. The zero-order chi connectivity index (χ0) is 17.3. The zero-order valence-corrected chi connectivity index (χ0v) is 13.6. The lowest BCUT2D eigenvalue weighted by Crippen LogP contribution is -2.09. The number of aryl methyl sites for hydroxylation is 2. The molecule has 0 aliphatic carbocycles. The molecule has 6 nitrogen and oxygen atoms in total. The Morgan fingerprint density at radius 2 is 1.92 bits per heavy atom. The normalized spacial score (nSPS) is 12.5. The zero-order valence-electron chi connectivity index (χ0n) is 13.6. The number of carboxylic acids is 1. The second kappa shape index (κ2) is 6.41. The Kier molecular flexibility index (Phi) is 4.31. The maximum Gasteiger partial charge on any atom is 0.304 e. The molecule has 0 saturated heterocycles. The predicted octanol–water partition coefficient (Wildman–Crippen LogP) is 2.38. The second-order valence-electron chi connectivity index (χ2n) is 5.96. The van der Waals surface area contributed by atoms with E-state index in [2.05, 4.69) is 10.3 Å². The highest BCUT2D eigenvalue weighted by Gasteiger charge is 2.20. The van der Waals surface area contributed by atoms with Crippen LogP contribution in [0.4, 0.5) is 0 Å². The van der Waals surface area contributed by atoms with Crippen molar-refractivity contribution in [3.63, 3.8) is 0 Å². The highest BCUT2D eigenvalue weighted by atomic mass is 16.4. The van der Waals surface area contributed by atoms with Gasteiger partial charge in [-0.15, -0.1) is 5.10 Å². The summed E-state index contributed by atoms with van der Waals surface area (Å²) >= 11 is 0. The molecule has 0 aliphatic heterocycles. The number of aliphatic carboxylic acids is 1. The first kappa shape index (κ1) is 16.1. The van der Waals surface area contributed by atoms with Crippen LogP contribution in [0, 0.1) is 6.92 Å². The van der Waals surface area contributed by atoms with Gasteiger partial charge in [-0.1, -0.05) is 29.5 Å².